The molecule has 0 spiro atoms. The van der Waals surface area contributed by atoms with Crippen molar-refractivity contribution in [2.75, 3.05) is 9.80 Å². The minimum atomic E-state index is -0.316. The Balaban J connectivity index is 1.34. The van der Waals surface area contributed by atoms with Crippen molar-refractivity contribution < 1.29 is 8.78 Å². The molecule has 2 aliphatic rings. The Hall–Kier alpha value is -6.18. The molecule has 0 fully saturated rings. The van der Waals surface area contributed by atoms with Crippen LogP contribution in [-0.4, -0.2) is 11.3 Å². The fourth-order valence-corrected chi connectivity index (χ4v) is 9.83. The highest BCUT2D eigenvalue weighted by Crippen LogP contribution is 2.50. The Labute approximate surface area is 296 Å². The maximum absolute atomic E-state index is 16.4. The molecule has 51 heavy (non-hydrogen) atoms. The molecule has 7 heteroatoms. The zero-order valence-electron chi connectivity index (χ0n) is 27.1. The fraction of sp³-hybridized carbons (Fsp3) is 0. The van der Waals surface area contributed by atoms with E-state index in [1.807, 2.05) is 36.4 Å². The van der Waals surface area contributed by atoms with Crippen LogP contribution < -0.4 is 25.5 Å². The fourth-order valence-electron chi connectivity index (χ4n) is 8.51. The largest absolute Gasteiger partial charge is 0.307 e. The molecule has 0 unspecified atom stereocenters. The number of benzene rings is 7. The molecule has 7 aromatic carbocycles. The number of para-hydroxylation sites is 4. The normalized spacial score (nSPS) is 13.2. The highest BCUT2D eigenvalue weighted by Gasteiger charge is 2.46. The lowest BCUT2D eigenvalue weighted by molar-refractivity contribution is 0.629. The topological polar surface area (TPSA) is 11.4 Å². The molecular weight excluding hydrogens is 651 g/mol. The highest BCUT2D eigenvalue weighted by molar-refractivity contribution is 7.33. The van der Waals surface area contributed by atoms with Crippen LogP contribution in [0, 0.1) is 11.6 Å². The minimum Gasteiger partial charge on any atom is -0.307 e. The maximum atomic E-state index is 16.4. The second-order valence-electron chi connectivity index (χ2n) is 13.1. The average Bonchev–Trinajstić information content (AvgIpc) is 3.72. The van der Waals surface area contributed by atoms with Gasteiger partial charge in [-0.05, 0) is 71.6 Å². The predicted octanol–water partition coefficient (Wildman–Crippen LogP) is 10.4. The molecule has 0 radical (unpaired) electrons. The van der Waals surface area contributed by atoms with Gasteiger partial charge in [0.15, 0.2) is 0 Å². The lowest BCUT2D eigenvalue weighted by atomic mass is 9.36. The summed E-state index contributed by atoms with van der Waals surface area (Å²) >= 11 is 1.75. The van der Waals surface area contributed by atoms with Gasteiger partial charge in [-0.25, -0.2) is 8.78 Å². The van der Waals surface area contributed by atoms with E-state index < -0.39 is 0 Å². The highest BCUT2D eigenvalue weighted by atomic mass is 32.1. The van der Waals surface area contributed by atoms with Gasteiger partial charge < -0.3 is 14.4 Å². The Morgan fingerprint density at radius 3 is 1.78 bits per heavy atom. The van der Waals surface area contributed by atoms with Crippen LogP contribution in [0.5, 0.6) is 0 Å². The Morgan fingerprint density at radius 1 is 0.471 bits per heavy atom. The van der Waals surface area contributed by atoms with E-state index in [0.29, 0.717) is 11.4 Å². The summed E-state index contributed by atoms with van der Waals surface area (Å²) in [5, 5.41) is 3.30. The summed E-state index contributed by atoms with van der Waals surface area (Å²) in [4.78, 5) is 4.20. The van der Waals surface area contributed by atoms with Gasteiger partial charge in [-0.3, -0.25) is 0 Å². The lowest BCUT2D eigenvalue weighted by Crippen LogP contribution is -2.60. The smallest absolute Gasteiger partial charge is 0.264 e. The number of anilines is 6. The second kappa shape index (κ2) is 10.7. The molecule has 0 saturated heterocycles. The molecule has 2 aromatic heterocycles. The van der Waals surface area contributed by atoms with Crippen molar-refractivity contribution in [3.8, 4) is 5.69 Å². The molecule has 0 saturated carbocycles. The molecule has 9 aromatic rings. The molecule has 240 valence electrons. The van der Waals surface area contributed by atoms with Gasteiger partial charge in [0.1, 0.15) is 11.6 Å². The van der Waals surface area contributed by atoms with Crippen LogP contribution in [0.4, 0.5) is 42.9 Å². The van der Waals surface area contributed by atoms with Crippen molar-refractivity contribution in [1.29, 1.82) is 0 Å². The number of halogens is 2. The summed E-state index contributed by atoms with van der Waals surface area (Å²) in [6, 6.07) is 51.9. The first-order valence-corrected chi connectivity index (χ1v) is 17.9. The zero-order chi connectivity index (χ0) is 33.8. The van der Waals surface area contributed by atoms with E-state index in [2.05, 4.69) is 111 Å². The monoisotopic (exact) mass is 677 g/mol. The number of hydrogen-bond donors (Lipinski definition) is 0. The quantitative estimate of drug-likeness (QED) is 0.173. The van der Waals surface area contributed by atoms with E-state index >= 15 is 8.78 Å². The molecule has 0 N–H and O–H groups in total. The molecule has 0 bridgehead atoms. The predicted molar refractivity (Wildman–Crippen MR) is 210 cm³/mol. The van der Waals surface area contributed by atoms with Crippen molar-refractivity contribution in [2.45, 2.75) is 0 Å². The van der Waals surface area contributed by atoms with Gasteiger partial charge in [0.05, 0.1) is 33.8 Å². The van der Waals surface area contributed by atoms with E-state index in [1.165, 1.54) is 12.1 Å². The van der Waals surface area contributed by atoms with Crippen molar-refractivity contribution in [2.24, 2.45) is 0 Å². The third-order valence-electron chi connectivity index (χ3n) is 10.5. The van der Waals surface area contributed by atoms with Crippen LogP contribution >= 0.6 is 11.3 Å². The summed E-state index contributed by atoms with van der Waals surface area (Å²) < 4.78 is 36.9. The van der Waals surface area contributed by atoms with Crippen LogP contribution in [-0.2, 0) is 0 Å². The summed E-state index contributed by atoms with van der Waals surface area (Å²) in [6.45, 7) is -0.184. The number of fused-ring (bicyclic) bond motifs is 10. The number of nitrogens with zero attached hydrogens (tertiary/aromatic N) is 3. The second-order valence-corrected chi connectivity index (χ2v) is 14.2. The van der Waals surface area contributed by atoms with Gasteiger partial charge >= 0.3 is 0 Å². The number of rotatable bonds is 3. The van der Waals surface area contributed by atoms with E-state index in [1.54, 1.807) is 23.5 Å². The molecular formula is C44H26BF2N3S. The Morgan fingerprint density at radius 2 is 1.06 bits per heavy atom. The lowest BCUT2D eigenvalue weighted by Gasteiger charge is -2.43. The third kappa shape index (κ3) is 3.87. The van der Waals surface area contributed by atoms with Crippen LogP contribution in [0.3, 0.4) is 0 Å². The molecule has 2 aliphatic heterocycles. The summed E-state index contributed by atoms with van der Waals surface area (Å²) in [7, 11) is 0. The zero-order valence-corrected chi connectivity index (χ0v) is 27.9. The van der Waals surface area contributed by atoms with E-state index in [-0.39, 0.29) is 18.3 Å². The van der Waals surface area contributed by atoms with Crippen molar-refractivity contribution in [1.82, 2.24) is 4.57 Å². The summed E-state index contributed by atoms with van der Waals surface area (Å²) in [6.07, 6.45) is 0. The van der Waals surface area contributed by atoms with Gasteiger partial charge in [-0.15, -0.1) is 11.3 Å². The first-order valence-electron chi connectivity index (χ1n) is 17.0. The SMILES string of the molecule is Fc1ccccc1N1c2cccc3c2B(c2ccc4c5ccccc5n(-c5ccccc5)c4c2N3c2ccccc2F)c2sc3ccccc3c21. The van der Waals surface area contributed by atoms with Crippen molar-refractivity contribution in [3.05, 3.63) is 169 Å². The first kappa shape index (κ1) is 28.6. The first-order chi connectivity index (χ1) is 25.2. The maximum Gasteiger partial charge on any atom is 0.264 e. The number of aromatic nitrogens is 1. The van der Waals surface area contributed by atoms with Crippen LogP contribution in [0.25, 0.3) is 37.6 Å². The number of hydrogen-bond acceptors (Lipinski definition) is 3. The van der Waals surface area contributed by atoms with Crippen molar-refractivity contribution in [3.63, 3.8) is 0 Å². The molecule has 0 aliphatic carbocycles. The third-order valence-corrected chi connectivity index (χ3v) is 11.7. The minimum absolute atomic E-state index is 0.184. The van der Waals surface area contributed by atoms with E-state index in [4.69, 9.17) is 0 Å². The van der Waals surface area contributed by atoms with Gasteiger partial charge in [0, 0.05) is 42.7 Å². The molecule has 3 nitrogen and oxygen atoms in total. The standard InChI is InChI=1S/C44H26BF2N3S/c46-32-17-6-9-20-35(32)49-37-22-12-23-38-40(37)45(44-42(49)30-16-5-11-24-39(30)51-44)31-26-25-29-28-15-4-8-19-34(28)48(27-13-2-1-3-14-27)41(29)43(31)50(38)36-21-10-7-18-33(36)47/h1-26H. The van der Waals surface area contributed by atoms with E-state index in [0.717, 1.165) is 76.0 Å². The molecule has 4 heterocycles. The molecule has 0 atom stereocenters. The van der Waals surface area contributed by atoms with Gasteiger partial charge in [-0.1, -0.05) is 97.1 Å². The van der Waals surface area contributed by atoms with Gasteiger partial charge in [-0.2, -0.15) is 0 Å². The van der Waals surface area contributed by atoms with Crippen molar-refractivity contribution >= 4 is 99.8 Å². The Kier molecular flexibility index (Phi) is 5.99. The van der Waals surface area contributed by atoms with E-state index in [9.17, 15) is 0 Å². The number of thiophene rings is 1. The Bertz CT molecular complexity index is 2880. The van der Waals surface area contributed by atoms with Gasteiger partial charge in [0.25, 0.3) is 6.71 Å². The average molecular weight is 678 g/mol. The summed E-state index contributed by atoms with van der Waals surface area (Å²) in [5.41, 5.74) is 9.85. The molecule has 11 rings (SSSR count). The van der Waals surface area contributed by atoms with Crippen LogP contribution in [0.1, 0.15) is 0 Å². The van der Waals surface area contributed by atoms with Crippen LogP contribution in [0.2, 0.25) is 0 Å². The van der Waals surface area contributed by atoms with Gasteiger partial charge in [0.2, 0.25) is 0 Å². The molecule has 0 amide bonds. The van der Waals surface area contributed by atoms with Crippen LogP contribution in [0.15, 0.2) is 158 Å². The summed E-state index contributed by atoms with van der Waals surface area (Å²) in [5.74, 6) is -0.616.